The van der Waals surface area contributed by atoms with Gasteiger partial charge in [-0.3, -0.25) is 4.90 Å². The second-order valence-corrected chi connectivity index (χ2v) is 5.71. The highest BCUT2D eigenvalue weighted by atomic mass is 16.5. The largest absolute Gasteiger partial charge is 0.377 e. The average molecular weight is 224 g/mol. The molecule has 3 unspecified atom stereocenters. The zero-order valence-electron chi connectivity index (χ0n) is 10.3. The molecule has 16 heavy (non-hydrogen) atoms. The number of nitrogens with one attached hydrogen (secondary N) is 1. The van der Waals surface area contributed by atoms with E-state index in [9.17, 15) is 0 Å². The Hall–Kier alpha value is -0.120. The molecule has 3 heteroatoms. The third-order valence-electron chi connectivity index (χ3n) is 4.35. The summed E-state index contributed by atoms with van der Waals surface area (Å²) in [5.74, 6) is 0. The lowest BCUT2D eigenvalue weighted by Crippen LogP contribution is -2.42. The van der Waals surface area contributed by atoms with Crippen molar-refractivity contribution in [1.29, 1.82) is 0 Å². The summed E-state index contributed by atoms with van der Waals surface area (Å²) in [6.45, 7) is 5.81. The van der Waals surface area contributed by atoms with Crippen LogP contribution < -0.4 is 5.32 Å². The first-order valence-corrected chi connectivity index (χ1v) is 6.94. The fraction of sp³-hybridized carbons (Fsp3) is 1.00. The van der Waals surface area contributed by atoms with Crippen LogP contribution in [0.3, 0.4) is 0 Å². The summed E-state index contributed by atoms with van der Waals surface area (Å²) in [4.78, 5) is 2.62. The Bertz CT molecular complexity index is 236. The molecule has 0 spiro atoms. The van der Waals surface area contributed by atoms with Gasteiger partial charge in [0.2, 0.25) is 0 Å². The maximum Gasteiger partial charge on any atom is 0.0728 e. The Labute approximate surface area is 98.5 Å². The van der Waals surface area contributed by atoms with Crippen molar-refractivity contribution in [3.8, 4) is 0 Å². The van der Waals surface area contributed by atoms with Crippen LogP contribution in [0.5, 0.6) is 0 Å². The van der Waals surface area contributed by atoms with Gasteiger partial charge < -0.3 is 10.1 Å². The Balaban J connectivity index is 1.47. The molecule has 92 valence electrons. The molecule has 1 aliphatic carbocycles. The number of hydrogen-bond acceptors (Lipinski definition) is 3. The summed E-state index contributed by atoms with van der Waals surface area (Å²) in [6, 6.07) is 2.22. The number of ether oxygens (including phenoxy) is 1. The van der Waals surface area contributed by atoms with Crippen LogP contribution in [-0.2, 0) is 4.74 Å². The fourth-order valence-electron chi connectivity index (χ4n) is 3.09. The van der Waals surface area contributed by atoms with Crippen molar-refractivity contribution < 1.29 is 4.74 Å². The lowest BCUT2D eigenvalue weighted by molar-refractivity contribution is 0.0399. The van der Waals surface area contributed by atoms with Gasteiger partial charge in [0.05, 0.1) is 6.10 Å². The van der Waals surface area contributed by atoms with E-state index in [1.165, 1.54) is 45.2 Å². The van der Waals surface area contributed by atoms with Gasteiger partial charge in [0, 0.05) is 37.8 Å². The van der Waals surface area contributed by atoms with Crippen molar-refractivity contribution in [2.24, 2.45) is 0 Å². The highest BCUT2D eigenvalue weighted by Crippen LogP contribution is 2.25. The first-order valence-electron chi connectivity index (χ1n) is 6.94. The predicted molar refractivity (Wildman–Crippen MR) is 64.6 cm³/mol. The summed E-state index contributed by atoms with van der Waals surface area (Å²) in [7, 11) is 0. The quantitative estimate of drug-likeness (QED) is 0.781. The van der Waals surface area contributed by atoms with E-state index >= 15 is 0 Å². The van der Waals surface area contributed by atoms with Crippen molar-refractivity contribution in [3.63, 3.8) is 0 Å². The van der Waals surface area contributed by atoms with Crippen molar-refractivity contribution in [2.45, 2.75) is 63.3 Å². The second kappa shape index (κ2) is 4.63. The molecule has 2 aliphatic heterocycles. The molecule has 2 saturated heterocycles. The van der Waals surface area contributed by atoms with Crippen LogP contribution in [0.1, 0.15) is 39.0 Å². The van der Waals surface area contributed by atoms with Gasteiger partial charge in [-0.25, -0.2) is 0 Å². The summed E-state index contributed by atoms with van der Waals surface area (Å²) >= 11 is 0. The lowest BCUT2D eigenvalue weighted by Gasteiger charge is -2.28. The van der Waals surface area contributed by atoms with E-state index in [1.807, 2.05) is 0 Å². The maximum absolute atomic E-state index is 5.79. The topological polar surface area (TPSA) is 24.5 Å². The number of hydrogen-bond donors (Lipinski definition) is 1. The van der Waals surface area contributed by atoms with E-state index in [0.29, 0.717) is 12.1 Å². The molecule has 1 N–H and O–H groups in total. The van der Waals surface area contributed by atoms with Crippen molar-refractivity contribution in [2.75, 3.05) is 19.7 Å². The van der Waals surface area contributed by atoms with Gasteiger partial charge in [-0.1, -0.05) is 0 Å². The van der Waals surface area contributed by atoms with Crippen LogP contribution in [0.25, 0.3) is 0 Å². The van der Waals surface area contributed by atoms with Gasteiger partial charge in [0.15, 0.2) is 0 Å². The van der Waals surface area contributed by atoms with Crippen LogP contribution in [0.15, 0.2) is 0 Å². The van der Waals surface area contributed by atoms with Crippen LogP contribution >= 0.6 is 0 Å². The number of nitrogens with zero attached hydrogens (tertiary/aromatic N) is 1. The summed E-state index contributed by atoms with van der Waals surface area (Å²) < 4.78 is 5.79. The van der Waals surface area contributed by atoms with Crippen molar-refractivity contribution >= 4 is 0 Å². The minimum atomic E-state index is 0.500. The van der Waals surface area contributed by atoms with Crippen molar-refractivity contribution in [1.82, 2.24) is 10.2 Å². The fourth-order valence-corrected chi connectivity index (χ4v) is 3.09. The molecule has 0 aromatic carbocycles. The zero-order chi connectivity index (χ0) is 11.0. The molecule has 0 amide bonds. The molecule has 3 nitrogen and oxygen atoms in total. The number of rotatable bonds is 4. The average Bonchev–Trinajstić information content (AvgIpc) is 2.82. The lowest BCUT2D eigenvalue weighted by atomic mass is 10.1. The minimum absolute atomic E-state index is 0.500. The van der Waals surface area contributed by atoms with Gasteiger partial charge in [-0.05, 0) is 39.0 Å². The van der Waals surface area contributed by atoms with Crippen LogP contribution in [0.2, 0.25) is 0 Å². The molecule has 0 bridgehead atoms. The summed E-state index contributed by atoms with van der Waals surface area (Å²) in [5.41, 5.74) is 0. The maximum atomic E-state index is 5.79. The summed E-state index contributed by atoms with van der Waals surface area (Å²) in [5, 5.41) is 3.75. The molecule has 3 rings (SSSR count). The molecule has 3 aliphatic rings. The highest BCUT2D eigenvalue weighted by molar-refractivity contribution is 4.92. The van der Waals surface area contributed by atoms with Crippen LogP contribution in [-0.4, -0.2) is 48.8 Å². The van der Waals surface area contributed by atoms with Crippen LogP contribution in [0.4, 0.5) is 0 Å². The molecule has 0 radical (unpaired) electrons. The van der Waals surface area contributed by atoms with E-state index in [0.717, 1.165) is 18.7 Å². The van der Waals surface area contributed by atoms with Crippen LogP contribution in [0, 0.1) is 0 Å². The molecular formula is C13H24N2O. The Morgan fingerprint density at radius 2 is 2.06 bits per heavy atom. The van der Waals surface area contributed by atoms with Gasteiger partial charge >= 0.3 is 0 Å². The monoisotopic (exact) mass is 224 g/mol. The molecule has 3 atom stereocenters. The minimum Gasteiger partial charge on any atom is -0.377 e. The van der Waals surface area contributed by atoms with Crippen molar-refractivity contribution in [3.05, 3.63) is 0 Å². The van der Waals surface area contributed by atoms with E-state index in [1.54, 1.807) is 0 Å². The first kappa shape index (κ1) is 11.0. The Morgan fingerprint density at radius 3 is 2.75 bits per heavy atom. The van der Waals surface area contributed by atoms with Gasteiger partial charge in [-0.2, -0.15) is 0 Å². The zero-order valence-corrected chi connectivity index (χ0v) is 10.3. The van der Waals surface area contributed by atoms with E-state index in [4.69, 9.17) is 4.74 Å². The third kappa shape index (κ3) is 2.41. The Kier molecular flexibility index (Phi) is 3.18. The van der Waals surface area contributed by atoms with Gasteiger partial charge in [-0.15, -0.1) is 0 Å². The highest BCUT2D eigenvalue weighted by Gasteiger charge is 2.34. The molecule has 0 aromatic rings. The molecule has 1 saturated carbocycles. The number of likely N-dealkylation sites (tertiary alicyclic amines) is 1. The summed E-state index contributed by atoms with van der Waals surface area (Å²) in [6.07, 6.45) is 7.15. The Morgan fingerprint density at radius 1 is 1.19 bits per heavy atom. The molecular weight excluding hydrogens is 200 g/mol. The van der Waals surface area contributed by atoms with E-state index < -0.39 is 0 Å². The molecule has 0 aromatic heterocycles. The SMILES string of the molecule is CC(C1CCCO1)N1CCC(NC2CC2)C1. The smallest absolute Gasteiger partial charge is 0.0728 e. The predicted octanol–water partition coefficient (Wildman–Crippen LogP) is 1.38. The molecule has 2 heterocycles. The third-order valence-corrected chi connectivity index (χ3v) is 4.35. The second-order valence-electron chi connectivity index (χ2n) is 5.71. The van der Waals surface area contributed by atoms with E-state index in [2.05, 4.69) is 17.1 Å². The van der Waals surface area contributed by atoms with E-state index in [-0.39, 0.29) is 0 Å². The molecule has 3 fully saturated rings. The van der Waals surface area contributed by atoms with Gasteiger partial charge in [0.1, 0.15) is 0 Å². The first-order chi connectivity index (χ1) is 7.83. The normalized spacial score (nSPS) is 38.1. The van der Waals surface area contributed by atoms with Gasteiger partial charge in [0.25, 0.3) is 0 Å². The standard InChI is InChI=1S/C13H24N2O/c1-10(13-3-2-8-16-13)15-7-6-12(9-15)14-11-4-5-11/h10-14H,2-9H2,1H3.